The van der Waals surface area contributed by atoms with Crippen LogP contribution in [0, 0.1) is 11.6 Å². The molecule has 5 nitrogen and oxygen atoms in total. The zero-order valence-corrected chi connectivity index (χ0v) is 17.3. The Morgan fingerprint density at radius 1 is 1.00 bits per heavy atom. The highest BCUT2D eigenvalue weighted by Crippen LogP contribution is 2.32. The number of hydrogen-bond donors (Lipinski definition) is 2. The molecule has 0 saturated carbocycles. The van der Waals surface area contributed by atoms with Crippen molar-refractivity contribution in [2.24, 2.45) is 4.99 Å². The van der Waals surface area contributed by atoms with Crippen molar-refractivity contribution >= 4 is 29.9 Å². The fourth-order valence-corrected chi connectivity index (χ4v) is 2.69. The van der Waals surface area contributed by atoms with Crippen LogP contribution in [0.2, 0.25) is 0 Å². The fourth-order valence-electron chi connectivity index (χ4n) is 2.69. The summed E-state index contributed by atoms with van der Waals surface area (Å²) in [6, 6.07) is 9.34. The van der Waals surface area contributed by atoms with E-state index < -0.39 is 11.6 Å². The molecule has 146 valence electrons. The highest BCUT2D eigenvalue weighted by molar-refractivity contribution is 14.0. The number of aliphatic imine (C=N–C) groups is 1. The van der Waals surface area contributed by atoms with Gasteiger partial charge in [-0.3, -0.25) is 4.99 Å². The normalized spacial score (nSPS) is 12.5. The highest BCUT2D eigenvalue weighted by atomic mass is 127. The van der Waals surface area contributed by atoms with Crippen LogP contribution in [0.1, 0.15) is 11.1 Å². The third kappa shape index (κ3) is 5.95. The number of nitrogens with zero attached hydrogens (tertiary/aromatic N) is 1. The van der Waals surface area contributed by atoms with E-state index in [4.69, 9.17) is 9.47 Å². The Bertz CT molecular complexity index is 803. The predicted molar refractivity (Wildman–Crippen MR) is 111 cm³/mol. The largest absolute Gasteiger partial charge is 0.454 e. The zero-order chi connectivity index (χ0) is 18.4. The molecule has 0 saturated heterocycles. The molecular formula is C19H22F2IN3O2. The van der Waals surface area contributed by atoms with Gasteiger partial charge in [0.2, 0.25) is 6.79 Å². The summed E-state index contributed by atoms with van der Waals surface area (Å²) in [7, 11) is 1.67. The number of fused-ring (bicyclic) bond motifs is 1. The molecule has 2 aromatic rings. The van der Waals surface area contributed by atoms with Crippen molar-refractivity contribution in [2.45, 2.75) is 12.8 Å². The molecule has 2 N–H and O–H groups in total. The molecule has 0 amide bonds. The van der Waals surface area contributed by atoms with Gasteiger partial charge in [0.25, 0.3) is 0 Å². The van der Waals surface area contributed by atoms with Crippen LogP contribution in [0.5, 0.6) is 11.5 Å². The number of nitrogens with one attached hydrogen (secondary N) is 2. The maximum atomic E-state index is 13.6. The van der Waals surface area contributed by atoms with E-state index >= 15 is 0 Å². The first-order chi connectivity index (χ1) is 12.7. The summed E-state index contributed by atoms with van der Waals surface area (Å²) in [5, 5.41) is 6.29. The van der Waals surface area contributed by atoms with E-state index in [9.17, 15) is 8.78 Å². The third-order valence-electron chi connectivity index (χ3n) is 4.06. The number of rotatable bonds is 6. The monoisotopic (exact) mass is 489 g/mol. The molecule has 1 aliphatic heterocycles. The lowest BCUT2D eigenvalue weighted by Crippen LogP contribution is -2.39. The van der Waals surface area contributed by atoms with Crippen LogP contribution in [-0.4, -0.2) is 32.9 Å². The molecule has 1 aliphatic rings. The standard InChI is InChI=1S/C19H21F2N3O2.HI/c1-22-19(24-9-7-14-11-15(20)3-4-16(14)21)23-8-6-13-2-5-17-18(10-13)26-12-25-17;/h2-5,10-11H,6-9,12H2,1H3,(H2,22,23,24);1H. The van der Waals surface area contributed by atoms with Crippen LogP contribution in [0.15, 0.2) is 41.4 Å². The highest BCUT2D eigenvalue weighted by Gasteiger charge is 2.13. The number of benzene rings is 2. The van der Waals surface area contributed by atoms with E-state index in [0.717, 1.165) is 35.6 Å². The topological polar surface area (TPSA) is 54.9 Å². The van der Waals surface area contributed by atoms with Gasteiger partial charge in [-0.1, -0.05) is 6.07 Å². The lowest BCUT2D eigenvalue weighted by molar-refractivity contribution is 0.174. The molecule has 0 aliphatic carbocycles. The summed E-state index contributed by atoms with van der Waals surface area (Å²) in [6.07, 6.45) is 1.16. The van der Waals surface area contributed by atoms with Crippen molar-refractivity contribution in [3.8, 4) is 11.5 Å². The minimum absolute atomic E-state index is 0. The van der Waals surface area contributed by atoms with Crippen LogP contribution < -0.4 is 20.1 Å². The summed E-state index contributed by atoms with van der Waals surface area (Å²) in [6.45, 7) is 1.39. The Kier molecular flexibility index (Phi) is 8.08. The Hall–Kier alpha value is -2.10. The maximum absolute atomic E-state index is 13.6. The summed E-state index contributed by atoms with van der Waals surface area (Å²) in [5.74, 6) is 1.31. The van der Waals surface area contributed by atoms with E-state index in [1.54, 1.807) is 7.05 Å². The fraction of sp³-hybridized carbons (Fsp3) is 0.316. The first-order valence-corrected chi connectivity index (χ1v) is 8.42. The number of ether oxygens (including phenoxy) is 2. The van der Waals surface area contributed by atoms with Crippen LogP contribution in [0.3, 0.4) is 0 Å². The van der Waals surface area contributed by atoms with Gasteiger partial charge < -0.3 is 20.1 Å². The van der Waals surface area contributed by atoms with Gasteiger partial charge in [0.1, 0.15) is 11.6 Å². The van der Waals surface area contributed by atoms with Crippen LogP contribution >= 0.6 is 24.0 Å². The average Bonchev–Trinajstić information content (AvgIpc) is 3.11. The van der Waals surface area contributed by atoms with E-state index in [-0.39, 0.29) is 30.8 Å². The molecule has 0 fully saturated rings. The van der Waals surface area contributed by atoms with Crippen LogP contribution in [0.4, 0.5) is 8.78 Å². The van der Waals surface area contributed by atoms with Crippen molar-refractivity contribution in [1.29, 1.82) is 0 Å². The first kappa shape index (κ1) is 21.2. The van der Waals surface area contributed by atoms with Crippen molar-refractivity contribution in [3.05, 3.63) is 59.2 Å². The molecule has 0 radical (unpaired) electrons. The molecule has 27 heavy (non-hydrogen) atoms. The molecule has 8 heteroatoms. The SMILES string of the molecule is CN=C(NCCc1ccc2c(c1)OCO2)NCCc1cc(F)ccc1F.I. The Labute approximate surface area is 174 Å². The van der Waals surface area contributed by atoms with E-state index in [1.165, 1.54) is 6.07 Å². The zero-order valence-electron chi connectivity index (χ0n) is 14.9. The molecule has 2 aromatic carbocycles. The Morgan fingerprint density at radius 2 is 1.74 bits per heavy atom. The van der Waals surface area contributed by atoms with Crippen LogP contribution in [-0.2, 0) is 12.8 Å². The van der Waals surface area contributed by atoms with E-state index in [1.807, 2.05) is 18.2 Å². The van der Waals surface area contributed by atoms with Gasteiger partial charge >= 0.3 is 0 Å². The quantitative estimate of drug-likeness (QED) is 0.372. The second-order valence-corrected chi connectivity index (χ2v) is 5.85. The second kappa shape index (κ2) is 10.3. The van der Waals surface area contributed by atoms with Crippen molar-refractivity contribution in [2.75, 3.05) is 26.9 Å². The van der Waals surface area contributed by atoms with Crippen molar-refractivity contribution < 1.29 is 18.3 Å². The van der Waals surface area contributed by atoms with Crippen molar-refractivity contribution in [1.82, 2.24) is 10.6 Å². The van der Waals surface area contributed by atoms with Gasteiger partial charge in [0.05, 0.1) is 0 Å². The number of guanidine groups is 1. The van der Waals surface area contributed by atoms with Gasteiger partial charge in [0.15, 0.2) is 17.5 Å². The van der Waals surface area contributed by atoms with Gasteiger partial charge in [-0.15, -0.1) is 24.0 Å². The second-order valence-electron chi connectivity index (χ2n) is 5.85. The molecule has 1 heterocycles. The smallest absolute Gasteiger partial charge is 0.231 e. The van der Waals surface area contributed by atoms with Crippen molar-refractivity contribution in [3.63, 3.8) is 0 Å². The molecule has 0 aromatic heterocycles. The average molecular weight is 489 g/mol. The van der Waals surface area contributed by atoms with Gasteiger partial charge in [0, 0.05) is 20.1 Å². The minimum atomic E-state index is -0.437. The molecule has 0 atom stereocenters. The van der Waals surface area contributed by atoms with Gasteiger partial charge in [-0.2, -0.15) is 0 Å². The Morgan fingerprint density at radius 3 is 2.52 bits per heavy atom. The molecular weight excluding hydrogens is 467 g/mol. The summed E-state index contributed by atoms with van der Waals surface area (Å²) < 4.78 is 37.4. The minimum Gasteiger partial charge on any atom is -0.454 e. The molecule has 0 unspecified atom stereocenters. The number of hydrogen-bond acceptors (Lipinski definition) is 3. The Balaban J connectivity index is 0.00000261. The molecule has 0 bridgehead atoms. The van der Waals surface area contributed by atoms with E-state index in [0.29, 0.717) is 31.0 Å². The predicted octanol–water partition coefficient (Wildman–Crippen LogP) is 3.26. The lowest BCUT2D eigenvalue weighted by atomic mass is 10.1. The summed E-state index contributed by atoms with van der Waals surface area (Å²) in [4.78, 5) is 4.13. The number of halogens is 3. The molecule has 3 rings (SSSR count). The third-order valence-corrected chi connectivity index (χ3v) is 4.06. The first-order valence-electron chi connectivity index (χ1n) is 8.42. The van der Waals surface area contributed by atoms with Gasteiger partial charge in [-0.25, -0.2) is 8.78 Å². The summed E-state index contributed by atoms with van der Waals surface area (Å²) in [5.41, 5.74) is 1.47. The van der Waals surface area contributed by atoms with E-state index in [2.05, 4.69) is 15.6 Å². The summed E-state index contributed by atoms with van der Waals surface area (Å²) >= 11 is 0. The lowest BCUT2D eigenvalue weighted by Gasteiger charge is -2.12. The maximum Gasteiger partial charge on any atom is 0.231 e. The van der Waals surface area contributed by atoms with Gasteiger partial charge in [-0.05, 0) is 54.3 Å². The van der Waals surface area contributed by atoms with Crippen LogP contribution in [0.25, 0.3) is 0 Å². The molecule has 0 spiro atoms.